The second-order valence-electron chi connectivity index (χ2n) is 5.28. The molecule has 0 bridgehead atoms. The van der Waals surface area contributed by atoms with E-state index in [0.717, 1.165) is 0 Å². The number of fused-ring (bicyclic) bond motifs is 1. The first-order valence-corrected chi connectivity index (χ1v) is 8.16. The van der Waals surface area contributed by atoms with Gasteiger partial charge in [0.15, 0.2) is 0 Å². The first-order valence-electron chi connectivity index (χ1n) is 6.45. The summed E-state index contributed by atoms with van der Waals surface area (Å²) in [6.45, 7) is 0.411. The van der Waals surface area contributed by atoms with Crippen molar-refractivity contribution >= 4 is 27.6 Å². The molecule has 7 nitrogen and oxygen atoms in total. The largest absolute Gasteiger partial charge is 0.457 e. The van der Waals surface area contributed by atoms with Gasteiger partial charge in [-0.2, -0.15) is 0 Å². The van der Waals surface area contributed by atoms with Crippen LogP contribution in [0.4, 0.5) is 5.69 Å². The van der Waals surface area contributed by atoms with E-state index in [1.54, 1.807) is 18.2 Å². The van der Waals surface area contributed by atoms with Crippen LogP contribution in [0.2, 0.25) is 0 Å². The normalized spacial score (nSPS) is 21.6. The molecule has 1 aromatic carbocycles. The summed E-state index contributed by atoms with van der Waals surface area (Å²) in [5, 5.41) is 5.03. The van der Waals surface area contributed by atoms with Crippen molar-refractivity contribution in [2.75, 3.05) is 17.2 Å². The van der Waals surface area contributed by atoms with Crippen molar-refractivity contribution in [1.29, 1.82) is 0 Å². The van der Waals surface area contributed by atoms with E-state index in [0.29, 0.717) is 16.8 Å². The van der Waals surface area contributed by atoms with Gasteiger partial charge in [0.25, 0.3) is 0 Å². The van der Waals surface area contributed by atoms with Gasteiger partial charge in [-0.15, -0.1) is 0 Å². The van der Waals surface area contributed by atoms with Gasteiger partial charge < -0.3 is 9.64 Å². The topological polar surface area (TPSA) is 107 Å². The first-order chi connectivity index (χ1) is 9.85. The molecule has 8 heteroatoms. The highest BCUT2D eigenvalue weighted by molar-refractivity contribution is 7.89. The fourth-order valence-electron chi connectivity index (χ4n) is 2.84. The van der Waals surface area contributed by atoms with Gasteiger partial charge >= 0.3 is 5.97 Å². The molecule has 1 amide bonds. The highest BCUT2D eigenvalue weighted by Crippen LogP contribution is 2.33. The Balaban J connectivity index is 1.89. The Bertz CT molecular complexity index is 728. The Morgan fingerprint density at radius 1 is 1.33 bits per heavy atom. The Morgan fingerprint density at radius 2 is 2.10 bits per heavy atom. The maximum Gasteiger partial charge on any atom is 0.338 e. The van der Waals surface area contributed by atoms with E-state index >= 15 is 0 Å². The summed E-state index contributed by atoms with van der Waals surface area (Å²) in [7, 11) is -3.61. The highest BCUT2D eigenvalue weighted by Gasteiger charge is 2.35. The molecule has 3 rings (SSSR count). The van der Waals surface area contributed by atoms with Crippen molar-refractivity contribution in [3.63, 3.8) is 0 Å². The number of sulfonamides is 1. The number of hydrogen-bond acceptors (Lipinski definition) is 5. The van der Waals surface area contributed by atoms with Crippen molar-refractivity contribution in [3.05, 3.63) is 29.3 Å². The molecule has 0 radical (unpaired) electrons. The van der Waals surface area contributed by atoms with Crippen LogP contribution >= 0.6 is 0 Å². The van der Waals surface area contributed by atoms with E-state index in [1.807, 2.05) is 0 Å². The number of nitrogens with two attached hydrogens (primary N) is 1. The summed E-state index contributed by atoms with van der Waals surface area (Å²) in [5.74, 6) is -1.13. The predicted molar refractivity (Wildman–Crippen MR) is 74.0 cm³/mol. The van der Waals surface area contributed by atoms with Crippen LogP contribution in [0.15, 0.2) is 18.2 Å². The zero-order valence-electron chi connectivity index (χ0n) is 11.1. The number of carbonyl (C=O) groups is 2. The fraction of sp³-hybridized carbons (Fsp3) is 0.385. The maximum absolute atomic E-state index is 12.1. The van der Waals surface area contributed by atoms with Crippen molar-refractivity contribution < 1.29 is 22.7 Å². The van der Waals surface area contributed by atoms with Gasteiger partial charge in [0, 0.05) is 24.4 Å². The minimum atomic E-state index is -3.61. The molecular formula is C13H14N2O5S. The number of anilines is 1. The molecule has 0 saturated carbocycles. The third kappa shape index (κ3) is 2.64. The van der Waals surface area contributed by atoms with E-state index in [1.165, 1.54) is 4.90 Å². The Morgan fingerprint density at radius 3 is 2.81 bits per heavy atom. The molecule has 2 aliphatic rings. The van der Waals surface area contributed by atoms with E-state index in [4.69, 9.17) is 9.88 Å². The molecule has 1 unspecified atom stereocenters. The summed E-state index contributed by atoms with van der Waals surface area (Å²) in [4.78, 5) is 25.2. The molecule has 0 aliphatic carbocycles. The lowest BCUT2D eigenvalue weighted by atomic mass is 10.1. The highest BCUT2D eigenvalue weighted by atomic mass is 32.2. The van der Waals surface area contributed by atoms with Crippen LogP contribution in [-0.2, 0) is 26.2 Å². The van der Waals surface area contributed by atoms with Gasteiger partial charge in [0.2, 0.25) is 15.9 Å². The number of cyclic esters (lactones) is 1. The predicted octanol–water partition coefficient (Wildman–Crippen LogP) is -0.00160. The molecule has 21 heavy (non-hydrogen) atoms. The molecule has 1 fully saturated rings. The van der Waals surface area contributed by atoms with Crippen LogP contribution in [-0.4, -0.2) is 32.6 Å². The molecular weight excluding hydrogens is 296 g/mol. The second kappa shape index (κ2) is 4.81. The van der Waals surface area contributed by atoms with Crippen LogP contribution in [0.5, 0.6) is 0 Å². The lowest BCUT2D eigenvalue weighted by molar-refractivity contribution is -0.117. The number of esters is 1. The molecule has 2 heterocycles. The smallest absolute Gasteiger partial charge is 0.338 e. The van der Waals surface area contributed by atoms with E-state index < -0.39 is 16.0 Å². The SMILES string of the molecule is NS(=O)(=O)CC1CC(=O)N(c2cccc3c2COC3=O)C1. The second-order valence-corrected chi connectivity index (χ2v) is 6.94. The minimum Gasteiger partial charge on any atom is -0.457 e. The maximum atomic E-state index is 12.1. The zero-order valence-corrected chi connectivity index (χ0v) is 11.9. The molecule has 0 spiro atoms. The number of primary sulfonamides is 1. The molecule has 1 saturated heterocycles. The Hall–Kier alpha value is -1.93. The third-order valence-corrected chi connectivity index (χ3v) is 4.62. The summed E-state index contributed by atoms with van der Waals surface area (Å²) >= 11 is 0. The van der Waals surface area contributed by atoms with Crippen LogP contribution in [0, 0.1) is 5.92 Å². The van der Waals surface area contributed by atoms with Crippen LogP contribution in [0.1, 0.15) is 22.3 Å². The Kier molecular flexibility index (Phi) is 3.22. The number of carbonyl (C=O) groups excluding carboxylic acids is 2. The van der Waals surface area contributed by atoms with Crippen LogP contribution in [0.3, 0.4) is 0 Å². The number of rotatable bonds is 3. The number of amides is 1. The molecule has 0 aromatic heterocycles. The first kappa shape index (κ1) is 14.0. The average Bonchev–Trinajstić information content (AvgIpc) is 2.91. The number of nitrogens with zero attached hydrogens (tertiary/aromatic N) is 1. The minimum absolute atomic E-state index is 0.133. The quantitative estimate of drug-likeness (QED) is 0.791. The average molecular weight is 310 g/mol. The van der Waals surface area contributed by atoms with Gasteiger partial charge in [-0.05, 0) is 12.1 Å². The summed E-state index contributed by atoms with van der Waals surface area (Å²) in [6.07, 6.45) is 0.134. The van der Waals surface area contributed by atoms with E-state index in [9.17, 15) is 18.0 Å². The number of ether oxygens (including phenoxy) is 1. The molecule has 112 valence electrons. The van der Waals surface area contributed by atoms with Gasteiger partial charge in [-0.1, -0.05) is 6.07 Å². The van der Waals surface area contributed by atoms with Crippen molar-refractivity contribution in [2.24, 2.45) is 11.1 Å². The van der Waals surface area contributed by atoms with Crippen molar-refractivity contribution in [3.8, 4) is 0 Å². The Labute approximate surface area is 121 Å². The number of hydrogen-bond donors (Lipinski definition) is 1. The molecule has 2 N–H and O–H groups in total. The third-order valence-electron chi connectivity index (χ3n) is 3.68. The standard InChI is InChI=1S/C13H14N2O5S/c14-21(18,19)7-8-4-12(16)15(5-8)11-3-1-2-9-10(11)6-20-13(9)17/h1-3,8H,4-7H2,(H2,14,18,19). The summed E-state index contributed by atoms with van der Waals surface area (Å²) < 4.78 is 27.3. The van der Waals surface area contributed by atoms with Crippen molar-refractivity contribution in [1.82, 2.24) is 0 Å². The van der Waals surface area contributed by atoms with E-state index in [-0.39, 0.29) is 37.2 Å². The zero-order chi connectivity index (χ0) is 15.2. The van der Waals surface area contributed by atoms with Gasteiger partial charge in [0.05, 0.1) is 17.0 Å². The lowest BCUT2D eigenvalue weighted by Crippen LogP contribution is -2.28. The van der Waals surface area contributed by atoms with Crippen LogP contribution < -0.4 is 10.0 Å². The van der Waals surface area contributed by atoms with Crippen molar-refractivity contribution in [2.45, 2.75) is 13.0 Å². The van der Waals surface area contributed by atoms with Crippen LogP contribution in [0.25, 0.3) is 0 Å². The van der Waals surface area contributed by atoms with Gasteiger partial charge in [-0.3, -0.25) is 4.79 Å². The van der Waals surface area contributed by atoms with E-state index in [2.05, 4.69) is 0 Å². The lowest BCUT2D eigenvalue weighted by Gasteiger charge is -2.19. The van der Waals surface area contributed by atoms with Gasteiger partial charge in [-0.25, -0.2) is 18.4 Å². The summed E-state index contributed by atoms with van der Waals surface area (Å²) in [6, 6.07) is 5.07. The molecule has 2 aliphatic heterocycles. The monoisotopic (exact) mass is 310 g/mol. The van der Waals surface area contributed by atoms with Gasteiger partial charge in [0.1, 0.15) is 6.61 Å². The summed E-state index contributed by atoms with van der Waals surface area (Å²) in [5.41, 5.74) is 1.74. The fourth-order valence-corrected chi connectivity index (χ4v) is 3.72. The number of benzene rings is 1. The molecule has 1 atom stereocenters. The molecule has 1 aromatic rings.